The first-order valence-electron chi connectivity index (χ1n) is 7.02. The van der Waals surface area contributed by atoms with Crippen LogP contribution in [-0.4, -0.2) is 50.3 Å². The SMILES string of the molecule is COCCNC(=O)COC(=O)COCc1nc2ccccc2s1. The lowest BCUT2D eigenvalue weighted by Gasteiger charge is -2.06. The van der Waals surface area contributed by atoms with Crippen LogP contribution in [0.5, 0.6) is 0 Å². The molecule has 0 aliphatic carbocycles. The average molecular weight is 338 g/mol. The van der Waals surface area contributed by atoms with Gasteiger partial charge in [-0.1, -0.05) is 12.1 Å². The van der Waals surface area contributed by atoms with Crippen molar-refractivity contribution < 1.29 is 23.8 Å². The molecule has 8 heteroatoms. The van der Waals surface area contributed by atoms with Crippen molar-refractivity contribution in [2.45, 2.75) is 6.61 Å². The molecule has 0 aliphatic rings. The van der Waals surface area contributed by atoms with E-state index in [2.05, 4.69) is 10.3 Å². The van der Waals surface area contributed by atoms with E-state index < -0.39 is 5.97 Å². The van der Waals surface area contributed by atoms with E-state index in [0.29, 0.717) is 13.2 Å². The normalized spacial score (nSPS) is 10.7. The van der Waals surface area contributed by atoms with Crippen molar-refractivity contribution in [3.05, 3.63) is 29.3 Å². The molecule has 2 aromatic rings. The van der Waals surface area contributed by atoms with Gasteiger partial charge in [0.15, 0.2) is 6.61 Å². The highest BCUT2D eigenvalue weighted by molar-refractivity contribution is 7.18. The van der Waals surface area contributed by atoms with Gasteiger partial charge in [-0.25, -0.2) is 9.78 Å². The van der Waals surface area contributed by atoms with Crippen molar-refractivity contribution >= 4 is 33.4 Å². The molecule has 0 saturated heterocycles. The van der Waals surface area contributed by atoms with E-state index >= 15 is 0 Å². The lowest BCUT2D eigenvalue weighted by atomic mass is 10.3. The molecule has 0 spiro atoms. The Morgan fingerprint density at radius 1 is 1.26 bits per heavy atom. The lowest BCUT2D eigenvalue weighted by Crippen LogP contribution is -2.31. The predicted octanol–water partition coefficient (Wildman–Crippen LogP) is 1.12. The highest BCUT2D eigenvalue weighted by Crippen LogP contribution is 2.21. The van der Waals surface area contributed by atoms with E-state index in [-0.39, 0.29) is 25.7 Å². The van der Waals surface area contributed by atoms with Gasteiger partial charge in [0, 0.05) is 13.7 Å². The largest absolute Gasteiger partial charge is 0.454 e. The number of rotatable bonds is 9. The predicted molar refractivity (Wildman–Crippen MR) is 85.1 cm³/mol. The zero-order valence-corrected chi connectivity index (χ0v) is 13.6. The van der Waals surface area contributed by atoms with Gasteiger partial charge in [-0.15, -0.1) is 11.3 Å². The van der Waals surface area contributed by atoms with Crippen LogP contribution < -0.4 is 5.32 Å². The molecule has 0 bridgehead atoms. The average Bonchev–Trinajstić information content (AvgIpc) is 2.96. The Kier molecular flexibility index (Phi) is 6.92. The Bertz CT molecular complexity index is 625. The fourth-order valence-corrected chi connectivity index (χ4v) is 2.64. The number of benzene rings is 1. The Labute approximate surface area is 137 Å². The van der Waals surface area contributed by atoms with E-state index in [4.69, 9.17) is 14.2 Å². The number of hydrogen-bond donors (Lipinski definition) is 1. The number of nitrogens with one attached hydrogen (secondary N) is 1. The maximum Gasteiger partial charge on any atom is 0.332 e. The quantitative estimate of drug-likeness (QED) is 0.545. The molecule has 1 amide bonds. The first kappa shape index (κ1) is 17.3. The molecule has 23 heavy (non-hydrogen) atoms. The summed E-state index contributed by atoms with van der Waals surface area (Å²) in [6.07, 6.45) is 0. The minimum Gasteiger partial charge on any atom is -0.454 e. The number of para-hydroxylation sites is 1. The second kappa shape index (κ2) is 9.19. The summed E-state index contributed by atoms with van der Waals surface area (Å²) >= 11 is 1.51. The van der Waals surface area contributed by atoms with Crippen molar-refractivity contribution in [1.82, 2.24) is 10.3 Å². The van der Waals surface area contributed by atoms with Crippen LogP contribution in [0.3, 0.4) is 0 Å². The number of methoxy groups -OCH3 is 1. The summed E-state index contributed by atoms with van der Waals surface area (Å²) in [5, 5.41) is 3.33. The molecule has 7 nitrogen and oxygen atoms in total. The molecule has 1 heterocycles. The summed E-state index contributed by atoms with van der Waals surface area (Å²) in [5.41, 5.74) is 0.909. The van der Waals surface area contributed by atoms with Crippen LogP contribution in [-0.2, 0) is 30.4 Å². The Morgan fingerprint density at radius 2 is 2.09 bits per heavy atom. The van der Waals surface area contributed by atoms with Crippen molar-refractivity contribution in [3.63, 3.8) is 0 Å². The standard InChI is InChI=1S/C15H18N2O5S/c1-20-7-6-16-13(18)8-22-15(19)10-21-9-14-17-11-4-2-3-5-12(11)23-14/h2-5H,6-10H2,1H3,(H,16,18). The van der Waals surface area contributed by atoms with Gasteiger partial charge >= 0.3 is 5.97 Å². The van der Waals surface area contributed by atoms with Gasteiger partial charge in [0.2, 0.25) is 0 Å². The van der Waals surface area contributed by atoms with Crippen molar-refractivity contribution in [3.8, 4) is 0 Å². The minimum atomic E-state index is -0.590. The van der Waals surface area contributed by atoms with E-state index in [1.807, 2.05) is 24.3 Å². The summed E-state index contributed by atoms with van der Waals surface area (Å²) in [5.74, 6) is -0.963. The smallest absolute Gasteiger partial charge is 0.332 e. The van der Waals surface area contributed by atoms with E-state index in [1.54, 1.807) is 0 Å². The number of amides is 1. The molecule has 0 atom stereocenters. The lowest BCUT2D eigenvalue weighted by molar-refractivity contribution is -0.153. The van der Waals surface area contributed by atoms with Gasteiger partial charge in [-0.2, -0.15) is 0 Å². The van der Waals surface area contributed by atoms with Gasteiger partial charge in [0.1, 0.15) is 11.6 Å². The van der Waals surface area contributed by atoms with Crippen LogP contribution in [0.4, 0.5) is 0 Å². The molecule has 124 valence electrons. The van der Waals surface area contributed by atoms with Gasteiger partial charge in [0.05, 0.1) is 23.4 Å². The van der Waals surface area contributed by atoms with Crippen LogP contribution in [0.1, 0.15) is 5.01 Å². The number of thiazole rings is 1. The van der Waals surface area contributed by atoms with Gasteiger partial charge in [0.25, 0.3) is 5.91 Å². The third-order valence-corrected chi connectivity index (χ3v) is 3.79. The van der Waals surface area contributed by atoms with Crippen molar-refractivity contribution in [2.75, 3.05) is 33.5 Å². The number of aromatic nitrogens is 1. The highest BCUT2D eigenvalue weighted by Gasteiger charge is 2.09. The van der Waals surface area contributed by atoms with Crippen LogP contribution in [0.15, 0.2) is 24.3 Å². The number of ether oxygens (including phenoxy) is 3. The van der Waals surface area contributed by atoms with Gasteiger partial charge in [-0.05, 0) is 12.1 Å². The van der Waals surface area contributed by atoms with E-state index in [9.17, 15) is 9.59 Å². The number of carbonyl (C=O) groups is 2. The first-order chi connectivity index (χ1) is 11.2. The third-order valence-electron chi connectivity index (χ3n) is 2.78. The number of carbonyl (C=O) groups excluding carboxylic acids is 2. The number of hydrogen-bond acceptors (Lipinski definition) is 7. The Hall–Kier alpha value is -2.03. The molecule has 2 rings (SSSR count). The number of fused-ring (bicyclic) bond motifs is 1. The molecule has 0 saturated carbocycles. The highest BCUT2D eigenvalue weighted by atomic mass is 32.1. The molecular weight excluding hydrogens is 320 g/mol. The first-order valence-corrected chi connectivity index (χ1v) is 7.84. The number of esters is 1. The fourth-order valence-electron chi connectivity index (χ4n) is 1.73. The van der Waals surface area contributed by atoms with Crippen LogP contribution in [0.25, 0.3) is 10.2 Å². The Morgan fingerprint density at radius 3 is 2.87 bits per heavy atom. The second-order valence-electron chi connectivity index (χ2n) is 4.57. The topological polar surface area (TPSA) is 86.8 Å². The van der Waals surface area contributed by atoms with Crippen molar-refractivity contribution in [2.24, 2.45) is 0 Å². The summed E-state index contributed by atoms with van der Waals surface area (Å²) in [7, 11) is 1.54. The van der Waals surface area contributed by atoms with E-state index in [0.717, 1.165) is 15.2 Å². The molecule has 0 aliphatic heterocycles. The summed E-state index contributed by atoms with van der Waals surface area (Å²) in [6, 6.07) is 7.76. The van der Waals surface area contributed by atoms with E-state index in [1.165, 1.54) is 18.4 Å². The second-order valence-corrected chi connectivity index (χ2v) is 5.69. The Balaban J connectivity index is 1.63. The van der Waals surface area contributed by atoms with Crippen LogP contribution in [0, 0.1) is 0 Å². The molecule has 0 unspecified atom stereocenters. The summed E-state index contributed by atoms with van der Waals surface area (Å²) in [4.78, 5) is 27.2. The van der Waals surface area contributed by atoms with Gasteiger partial charge in [-0.3, -0.25) is 4.79 Å². The van der Waals surface area contributed by atoms with Crippen molar-refractivity contribution in [1.29, 1.82) is 0 Å². The van der Waals surface area contributed by atoms with Gasteiger partial charge < -0.3 is 19.5 Å². The maximum absolute atomic E-state index is 11.5. The fraction of sp³-hybridized carbons (Fsp3) is 0.400. The summed E-state index contributed by atoms with van der Waals surface area (Å²) < 4.78 is 15.9. The zero-order valence-electron chi connectivity index (χ0n) is 12.7. The van der Waals surface area contributed by atoms with Crippen LogP contribution >= 0.6 is 11.3 Å². The van der Waals surface area contributed by atoms with Crippen LogP contribution in [0.2, 0.25) is 0 Å². The monoisotopic (exact) mass is 338 g/mol. The molecule has 1 N–H and O–H groups in total. The summed E-state index contributed by atoms with van der Waals surface area (Å²) in [6.45, 7) is 0.467. The molecule has 0 radical (unpaired) electrons. The molecule has 0 fully saturated rings. The molecule has 1 aromatic carbocycles. The zero-order chi connectivity index (χ0) is 16.5. The molecule has 1 aromatic heterocycles. The third kappa shape index (κ3) is 5.93. The number of nitrogens with zero attached hydrogens (tertiary/aromatic N) is 1. The maximum atomic E-state index is 11.5. The minimum absolute atomic E-state index is 0.221. The molecular formula is C15H18N2O5S.